The van der Waals surface area contributed by atoms with E-state index in [1.54, 1.807) is 16.7 Å². The normalized spacial score (nSPS) is 10.6. The van der Waals surface area contributed by atoms with Crippen LogP contribution in [-0.4, -0.2) is 44.6 Å². The van der Waals surface area contributed by atoms with Crippen LogP contribution in [0.4, 0.5) is 4.39 Å². The first-order valence-electron chi connectivity index (χ1n) is 8.87. The fraction of sp³-hybridized carbons (Fsp3) is 0.444. The van der Waals surface area contributed by atoms with Crippen molar-refractivity contribution >= 4 is 24.0 Å². The fourth-order valence-electron chi connectivity index (χ4n) is 2.57. The lowest BCUT2D eigenvalue weighted by molar-refractivity contribution is -0.136. The van der Waals surface area contributed by atoms with Gasteiger partial charge in [0, 0.05) is 19.5 Å². The number of hydrogen-bond acceptors (Lipinski definition) is 4. The Morgan fingerprint density at radius 1 is 1.30 bits per heavy atom. The van der Waals surface area contributed by atoms with Crippen molar-refractivity contribution in [1.82, 2.24) is 25.0 Å². The first-order chi connectivity index (χ1) is 12.9. The quantitative estimate of drug-likeness (QED) is 0.640. The van der Waals surface area contributed by atoms with Gasteiger partial charge in [-0.1, -0.05) is 19.1 Å². The Balaban J connectivity index is 1.92. The number of amides is 2. The third-order valence-electron chi connectivity index (χ3n) is 4.08. The molecule has 0 aliphatic rings. The summed E-state index contributed by atoms with van der Waals surface area (Å²) in [6, 6.07) is 5.89. The van der Waals surface area contributed by atoms with Crippen molar-refractivity contribution in [2.45, 2.75) is 39.8 Å². The maximum Gasteiger partial charge on any atom is 0.243 e. The Morgan fingerprint density at radius 3 is 2.63 bits per heavy atom. The van der Waals surface area contributed by atoms with E-state index in [1.807, 2.05) is 13.8 Å². The molecule has 0 fully saturated rings. The first-order valence-corrected chi connectivity index (χ1v) is 9.28. The van der Waals surface area contributed by atoms with Gasteiger partial charge in [-0.15, -0.1) is 0 Å². The van der Waals surface area contributed by atoms with Crippen LogP contribution >= 0.6 is 12.2 Å². The molecule has 2 rings (SSSR count). The molecule has 2 aromatic rings. The van der Waals surface area contributed by atoms with E-state index in [0.717, 1.165) is 17.8 Å². The van der Waals surface area contributed by atoms with Crippen molar-refractivity contribution in [3.8, 4) is 0 Å². The van der Waals surface area contributed by atoms with Crippen LogP contribution in [0.2, 0.25) is 0 Å². The summed E-state index contributed by atoms with van der Waals surface area (Å²) in [5, 5.41) is 9.59. The second-order valence-corrected chi connectivity index (χ2v) is 6.48. The highest BCUT2D eigenvalue weighted by atomic mass is 32.1. The highest BCUT2D eigenvalue weighted by molar-refractivity contribution is 7.71. The molecule has 0 saturated heterocycles. The van der Waals surface area contributed by atoms with Crippen molar-refractivity contribution in [2.24, 2.45) is 0 Å². The summed E-state index contributed by atoms with van der Waals surface area (Å²) < 4.78 is 15.0. The Labute approximate surface area is 162 Å². The molecule has 0 unspecified atom stereocenters. The Hall–Kier alpha value is -2.55. The molecule has 146 valence electrons. The third kappa shape index (κ3) is 5.99. The van der Waals surface area contributed by atoms with Gasteiger partial charge in [-0.25, -0.2) is 4.39 Å². The molecule has 0 aliphatic carbocycles. The number of carbonyl (C=O) groups excluding carboxylic acids is 2. The lowest BCUT2D eigenvalue weighted by atomic mass is 10.2. The fourth-order valence-corrected chi connectivity index (χ4v) is 2.79. The average Bonchev–Trinajstić information content (AvgIpc) is 2.99. The summed E-state index contributed by atoms with van der Waals surface area (Å²) >= 11 is 5.19. The lowest BCUT2D eigenvalue weighted by Crippen LogP contribution is -2.42. The first kappa shape index (κ1) is 20.8. The molecule has 1 aromatic heterocycles. The molecular weight excluding hydrogens is 369 g/mol. The molecular formula is C18H24FN5O2S. The van der Waals surface area contributed by atoms with Gasteiger partial charge in [0.25, 0.3) is 0 Å². The van der Waals surface area contributed by atoms with E-state index >= 15 is 0 Å². The van der Waals surface area contributed by atoms with Gasteiger partial charge in [0.05, 0.1) is 6.54 Å². The topological polar surface area (TPSA) is 83.0 Å². The summed E-state index contributed by atoms with van der Waals surface area (Å²) in [6.45, 7) is 4.50. The molecule has 0 radical (unpaired) electrons. The number of nitrogens with zero attached hydrogens (tertiary/aromatic N) is 3. The summed E-state index contributed by atoms with van der Waals surface area (Å²) in [5.41, 5.74) is 0.785. The average molecular weight is 393 g/mol. The summed E-state index contributed by atoms with van der Waals surface area (Å²) in [7, 11) is 0. The van der Waals surface area contributed by atoms with Crippen molar-refractivity contribution in [2.75, 3.05) is 13.1 Å². The number of nitrogens with one attached hydrogen (secondary N) is 2. The van der Waals surface area contributed by atoms with Crippen molar-refractivity contribution < 1.29 is 14.0 Å². The molecule has 27 heavy (non-hydrogen) atoms. The van der Waals surface area contributed by atoms with Gasteiger partial charge >= 0.3 is 0 Å². The molecule has 0 atom stereocenters. The van der Waals surface area contributed by atoms with Crippen molar-refractivity contribution in [3.63, 3.8) is 0 Å². The zero-order valence-electron chi connectivity index (χ0n) is 15.5. The van der Waals surface area contributed by atoms with Gasteiger partial charge in [0.15, 0.2) is 4.77 Å². The van der Waals surface area contributed by atoms with E-state index in [0.29, 0.717) is 17.7 Å². The zero-order valence-corrected chi connectivity index (χ0v) is 16.3. The van der Waals surface area contributed by atoms with Crippen LogP contribution < -0.4 is 5.32 Å². The standard InChI is InChI=1S/C18H24FN5O2S/c1-3-5-15-21-22-18(27)24(15)12-17(26)23(4-2)11-16(25)20-10-13-6-8-14(19)9-7-13/h6-9H,3-5,10-12H2,1-2H3,(H,20,25)(H,22,27). The van der Waals surface area contributed by atoms with Crippen LogP contribution in [0.3, 0.4) is 0 Å². The van der Waals surface area contributed by atoms with E-state index in [9.17, 15) is 14.0 Å². The number of rotatable bonds is 9. The SMILES string of the molecule is CCCc1n[nH]c(=S)n1CC(=O)N(CC)CC(=O)NCc1ccc(F)cc1. The summed E-state index contributed by atoms with van der Waals surface area (Å²) in [6.07, 6.45) is 1.60. The molecule has 0 saturated carbocycles. The van der Waals surface area contributed by atoms with Gasteiger partial charge in [-0.2, -0.15) is 5.10 Å². The van der Waals surface area contributed by atoms with Crippen LogP contribution in [-0.2, 0) is 29.1 Å². The van der Waals surface area contributed by atoms with Crippen LogP contribution in [0.15, 0.2) is 24.3 Å². The summed E-state index contributed by atoms with van der Waals surface area (Å²) in [4.78, 5) is 26.2. The predicted octanol–water partition coefficient (Wildman–Crippen LogP) is 2.20. The number of halogens is 1. The molecule has 2 N–H and O–H groups in total. The Bertz CT molecular complexity index is 831. The number of aromatic nitrogens is 3. The van der Waals surface area contributed by atoms with E-state index in [2.05, 4.69) is 15.5 Å². The van der Waals surface area contributed by atoms with Gasteiger partial charge in [-0.05, 0) is 43.3 Å². The van der Waals surface area contributed by atoms with Gasteiger partial charge in [0.1, 0.15) is 18.2 Å². The second kappa shape index (κ2) is 9.96. The number of carbonyl (C=O) groups is 2. The molecule has 9 heteroatoms. The molecule has 0 aliphatic heterocycles. The number of hydrogen-bond donors (Lipinski definition) is 2. The molecule has 0 bridgehead atoms. The largest absolute Gasteiger partial charge is 0.350 e. The van der Waals surface area contributed by atoms with Gasteiger partial charge < -0.3 is 10.2 Å². The maximum absolute atomic E-state index is 12.9. The number of H-pyrrole nitrogens is 1. The minimum atomic E-state index is -0.326. The molecule has 1 heterocycles. The third-order valence-corrected chi connectivity index (χ3v) is 4.39. The van der Waals surface area contributed by atoms with Crippen LogP contribution in [0.1, 0.15) is 31.7 Å². The predicted molar refractivity (Wildman–Crippen MR) is 102 cm³/mol. The van der Waals surface area contributed by atoms with E-state index in [1.165, 1.54) is 17.0 Å². The van der Waals surface area contributed by atoms with E-state index in [-0.39, 0.29) is 37.3 Å². The molecule has 0 spiro atoms. The Morgan fingerprint density at radius 2 is 2.00 bits per heavy atom. The highest BCUT2D eigenvalue weighted by Gasteiger charge is 2.18. The number of likely N-dealkylation sites (N-methyl/N-ethyl adjacent to an activating group) is 1. The summed E-state index contributed by atoms with van der Waals surface area (Å²) in [5.74, 6) is -0.0795. The molecule has 2 amide bonds. The number of aryl methyl sites for hydroxylation is 1. The van der Waals surface area contributed by atoms with Gasteiger partial charge in [0.2, 0.25) is 11.8 Å². The van der Waals surface area contributed by atoms with Crippen molar-refractivity contribution in [1.29, 1.82) is 0 Å². The smallest absolute Gasteiger partial charge is 0.243 e. The lowest BCUT2D eigenvalue weighted by Gasteiger charge is -2.21. The van der Waals surface area contributed by atoms with Crippen LogP contribution in [0.25, 0.3) is 0 Å². The van der Waals surface area contributed by atoms with Gasteiger partial charge in [-0.3, -0.25) is 19.3 Å². The monoisotopic (exact) mass is 393 g/mol. The highest BCUT2D eigenvalue weighted by Crippen LogP contribution is 2.04. The number of aromatic amines is 1. The van der Waals surface area contributed by atoms with Crippen molar-refractivity contribution in [3.05, 3.63) is 46.2 Å². The minimum absolute atomic E-state index is 0.0454. The number of benzene rings is 1. The zero-order chi connectivity index (χ0) is 19.8. The minimum Gasteiger partial charge on any atom is -0.350 e. The molecule has 1 aromatic carbocycles. The van der Waals surface area contributed by atoms with Crippen LogP contribution in [0.5, 0.6) is 0 Å². The molecule has 7 nitrogen and oxygen atoms in total. The van der Waals surface area contributed by atoms with Crippen LogP contribution in [0, 0.1) is 10.6 Å². The second-order valence-electron chi connectivity index (χ2n) is 6.09. The van der Waals surface area contributed by atoms with E-state index < -0.39 is 0 Å². The maximum atomic E-state index is 12.9. The van der Waals surface area contributed by atoms with E-state index in [4.69, 9.17) is 12.2 Å². The Kier molecular flexibility index (Phi) is 7.66.